The summed E-state index contributed by atoms with van der Waals surface area (Å²) >= 11 is 0. The van der Waals surface area contributed by atoms with Gasteiger partial charge in [0, 0.05) is 20.6 Å². The first-order valence-corrected chi connectivity index (χ1v) is 7.49. The normalized spacial score (nSPS) is 11.0. The summed E-state index contributed by atoms with van der Waals surface area (Å²) in [5, 5.41) is 8.85. The van der Waals surface area contributed by atoms with Crippen molar-refractivity contribution < 1.29 is 17.9 Å². The van der Waals surface area contributed by atoms with Crippen molar-refractivity contribution in [3.63, 3.8) is 0 Å². The highest BCUT2D eigenvalue weighted by Crippen LogP contribution is 2.19. The zero-order valence-corrected chi connectivity index (χ0v) is 12.9. The van der Waals surface area contributed by atoms with Gasteiger partial charge in [-0.25, -0.2) is 0 Å². The summed E-state index contributed by atoms with van der Waals surface area (Å²) in [6, 6.07) is 8.22. The first kappa shape index (κ1) is 16.9. The molecule has 0 aliphatic rings. The lowest BCUT2D eigenvalue weighted by Gasteiger charge is -2.25. The van der Waals surface area contributed by atoms with Gasteiger partial charge in [0.05, 0.1) is 30.9 Å². The Bertz CT molecular complexity index is 652. The average molecular weight is 311 g/mol. The molecule has 21 heavy (non-hydrogen) atoms. The largest absolute Gasteiger partial charge is 0.469 e. The molecule has 1 aromatic carbocycles. The van der Waals surface area contributed by atoms with Crippen LogP contribution in [0.3, 0.4) is 0 Å². The second-order valence-electron chi connectivity index (χ2n) is 4.29. The number of anilines is 1. The molecule has 0 bridgehead atoms. The van der Waals surface area contributed by atoms with Crippen LogP contribution in [-0.2, 0) is 19.7 Å². The molecule has 0 saturated heterocycles. The van der Waals surface area contributed by atoms with Gasteiger partial charge in [-0.15, -0.1) is 0 Å². The van der Waals surface area contributed by atoms with E-state index in [9.17, 15) is 13.2 Å². The van der Waals surface area contributed by atoms with Gasteiger partial charge in [-0.05, 0) is 18.2 Å². The minimum absolute atomic E-state index is 0.0112. The molecule has 0 N–H and O–H groups in total. The van der Waals surface area contributed by atoms with E-state index in [-0.39, 0.29) is 13.0 Å². The lowest BCUT2D eigenvalue weighted by molar-refractivity contribution is -0.140. The summed E-state index contributed by atoms with van der Waals surface area (Å²) in [5.74, 6) is -0.480. The van der Waals surface area contributed by atoms with Crippen molar-refractivity contribution in [1.82, 2.24) is 4.31 Å². The maximum atomic E-state index is 12.3. The molecule has 0 atom stereocenters. The zero-order chi connectivity index (χ0) is 16.0. The summed E-state index contributed by atoms with van der Waals surface area (Å²) in [4.78, 5) is 11.1. The molecule has 7 nitrogen and oxygen atoms in total. The Kier molecular flexibility index (Phi) is 5.69. The number of methoxy groups -OCH3 is 1. The molecule has 1 rings (SSSR count). The standard InChI is InChI=1S/C13H17N3O4S/c1-15(8-7-13(17)20-3)21(18,19)16(2)12-6-4-5-11(9-12)10-14/h4-6,9H,7-8H2,1-3H3. The Morgan fingerprint density at radius 1 is 1.38 bits per heavy atom. The van der Waals surface area contributed by atoms with Gasteiger partial charge in [-0.2, -0.15) is 18.0 Å². The lowest BCUT2D eigenvalue weighted by atomic mass is 10.2. The van der Waals surface area contributed by atoms with Gasteiger partial charge in [0.15, 0.2) is 0 Å². The van der Waals surface area contributed by atoms with Gasteiger partial charge >= 0.3 is 16.2 Å². The third-order valence-corrected chi connectivity index (χ3v) is 4.81. The number of carbonyl (C=O) groups excluding carboxylic acids is 1. The third-order valence-electron chi connectivity index (χ3n) is 2.94. The van der Waals surface area contributed by atoms with Crippen LogP contribution in [0.1, 0.15) is 12.0 Å². The number of hydrogen-bond donors (Lipinski definition) is 0. The second-order valence-corrected chi connectivity index (χ2v) is 6.35. The molecule has 0 radical (unpaired) electrons. The van der Waals surface area contributed by atoms with Crippen LogP contribution in [0, 0.1) is 11.3 Å². The van der Waals surface area contributed by atoms with E-state index in [4.69, 9.17) is 5.26 Å². The minimum Gasteiger partial charge on any atom is -0.469 e. The molecule has 0 fully saturated rings. The van der Waals surface area contributed by atoms with E-state index in [0.717, 1.165) is 8.61 Å². The fourth-order valence-electron chi connectivity index (χ4n) is 1.58. The summed E-state index contributed by atoms with van der Waals surface area (Å²) in [5.41, 5.74) is 0.741. The van der Waals surface area contributed by atoms with Crippen molar-refractivity contribution in [2.24, 2.45) is 0 Å². The number of rotatable bonds is 6. The molecule has 8 heteroatoms. The maximum absolute atomic E-state index is 12.3. The zero-order valence-electron chi connectivity index (χ0n) is 12.1. The van der Waals surface area contributed by atoms with E-state index >= 15 is 0 Å². The van der Waals surface area contributed by atoms with E-state index in [1.54, 1.807) is 18.2 Å². The Morgan fingerprint density at radius 3 is 2.62 bits per heavy atom. The molecule has 114 valence electrons. The van der Waals surface area contributed by atoms with Crippen molar-refractivity contribution in [2.75, 3.05) is 32.1 Å². The fraction of sp³-hybridized carbons (Fsp3) is 0.385. The monoisotopic (exact) mass is 311 g/mol. The van der Waals surface area contributed by atoms with Gasteiger partial charge in [0.25, 0.3) is 0 Å². The fourth-order valence-corrected chi connectivity index (χ4v) is 2.70. The highest BCUT2D eigenvalue weighted by Gasteiger charge is 2.24. The molecule has 0 unspecified atom stereocenters. The minimum atomic E-state index is -3.77. The molecule has 0 aromatic heterocycles. The predicted molar refractivity (Wildman–Crippen MR) is 77.7 cm³/mol. The first-order valence-electron chi connectivity index (χ1n) is 6.10. The number of hydrogen-bond acceptors (Lipinski definition) is 5. The number of ether oxygens (including phenoxy) is 1. The van der Waals surface area contributed by atoms with E-state index in [1.165, 1.54) is 27.3 Å². The molecule has 0 heterocycles. The average Bonchev–Trinajstić information content (AvgIpc) is 2.51. The number of esters is 1. The van der Waals surface area contributed by atoms with Crippen LogP contribution in [0.25, 0.3) is 0 Å². The number of benzene rings is 1. The summed E-state index contributed by atoms with van der Waals surface area (Å²) < 4.78 is 31.3. The van der Waals surface area contributed by atoms with Crippen LogP contribution in [-0.4, -0.2) is 46.4 Å². The molecule has 0 amide bonds. The molecule has 0 aliphatic carbocycles. The number of nitrogens with zero attached hydrogens (tertiary/aromatic N) is 3. The Morgan fingerprint density at radius 2 is 2.05 bits per heavy atom. The van der Waals surface area contributed by atoms with E-state index in [0.29, 0.717) is 11.3 Å². The van der Waals surface area contributed by atoms with Crippen LogP contribution in [0.4, 0.5) is 5.69 Å². The van der Waals surface area contributed by atoms with Gasteiger partial charge in [0.2, 0.25) is 0 Å². The second kappa shape index (κ2) is 7.06. The highest BCUT2D eigenvalue weighted by atomic mass is 32.2. The van der Waals surface area contributed by atoms with Crippen LogP contribution in [0.2, 0.25) is 0 Å². The van der Waals surface area contributed by atoms with Gasteiger partial charge in [-0.1, -0.05) is 6.07 Å². The molecular weight excluding hydrogens is 294 g/mol. The molecule has 1 aromatic rings. The van der Waals surface area contributed by atoms with Crippen molar-refractivity contribution in [1.29, 1.82) is 5.26 Å². The first-order chi connectivity index (χ1) is 9.82. The number of carbonyl (C=O) groups is 1. The van der Waals surface area contributed by atoms with Crippen molar-refractivity contribution in [3.8, 4) is 6.07 Å². The van der Waals surface area contributed by atoms with Crippen molar-refractivity contribution >= 4 is 21.9 Å². The summed E-state index contributed by atoms with van der Waals surface area (Å²) in [6.07, 6.45) is -0.0295. The molecular formula is C13H17N3O4S. The topological polar surface area (TPSA) is 90.7 Å². The van der Waals surface area contributed by atoms with Crippen LogP contribution < -0.4 is 4.31 Å². The van der Waals surface area contributed by atoms with Crippen molar-refractivity contribution in [3.05, 3.63) is 29.8 Å². The predicted octanol–water partition coefficient (Wildman–Crippen LogP) is 0.734. The molecule has 0 spiro atoms. The highest BCUT2D eigenvalue weighted by molar-refractivity contribution is 7.90. The Labute approximate surface area is 124 Å². The lowest BCUT2D eigenvalue weighted by Crippen LogP contribution is -2.40. The number of nitriles is 1. The van der Waals surface area contributed by atoms with Crippen LogP contribution in [0.15, 0.2) is 24.3 Å². The summed E-state index contributed by atoms with van der Waals surface area (Å²) in [7, 11) is 0.242. The van der Waals surface area contributed by atoms with E-state index < -0.39 is 16.2 Å². The van der Waals surface area contributed by atoms with Gasteiger partial charge in [0.1, 0.15) is 0 Å². The Hall–Kier alpha value is -2.11. The summed E-state index contributed by atoms with van der Waals surface area (Å²) in [6.45, 7) is 0.0112. The smallest absolute Gasteiger partial charge is 0.306 e. The third kappa shape index (κ3) is 4.18. The molecule has 0 aliphatic heterocycles. The van der Waals surface area contributed by atoms with E-state index in [2.05, 4.69) is 4.74 Å². The SMILES string of the molecule is COC(=O)CCN(C)S(=O)(=O)N(C)c1cccc(C#N)c1. The van der Waals surface area contributed by atoms with E-state index in [1.807, 2.05) is 6.07 Å². The Balaban J connectivity index is 2.90. The van der Waals surface area contributed by atoms with Gasteiger partial charge in [-0.3, -0.25) is 9.10 Å². The molecule has 0 saturated carbocycles. The maximum Gasteiger partial charge on any atom is 0.306 e. The van der Waals surface area contributed by atoms with Crippen LogP contribution in [0.5, 0.6) is 0 Å². The quantitative estimate of drug-likeness (QED) is 0.722. The van der Waals surface area contributed by atoms with Crippen molar-refractivity contribution in [2.45, 2.75) is 6.42 Å². The van der Waals surface area contributed by atoms with Crippen LogP contribution >= 0.6 is 0 Å². The van der Waals surface area contributed by atoms with Gasteiger partial charge < -0.3 is 4.74 Å².